The third-order valence-corrected chi connectivity index (χ3v) is 5.46. The Balaban J connectivity index is 1.69. The second-order valence-corrected chi connectivity index (χ2v) is 8.46. The van der Waals surface area contributed by atoms with Gasteiger partial charge in [-0.25, -0.2) is 0 Å². The molecule has 0 bridgehead atoms. The highest BCUT2D eigenvalue weighted by atomic mass is 16.5. The van der Waals surface area contributed by atoms with Crippen LogP contribution < -0.4 is 5.32 Å². The molecule has 3 rings (SSSR count). The van der Waals surface area contributed by atoms with Gasteiger partial charge in [-0.3, -0.25) is 4.79 Å². The molecule has 1 amide bonds. The van der Waals surface area contributed by atoms with Gasteiger partial charge in [0.2, 0.25) is 5.76 Å². The Morgan fingerprint density at radius 2 is 2.00 bits per heavy atom. The summed E-state index contributed by atoms with van der Waals surface area (Å²) in [5.41, 5.74) is 1.94. The molecule has 1 aliphatic rings. The van der Waals surface area contributed by atoms with Gasteiger partial charge in [-0.2, -0.15) is 0 Å². The third-order valence-electron chi connectivity index (χ3n) is 5.46. The van der Waals surface area contributed by atoms with Crippen LogP contribution in [0.25, 0.3) is 0 Å². The molecule has 146 valence electrons. The van der Waals surface area contributed by atoms with E-state index in [0.717, 1.165) is 31.6 Å². The predicted octanol–water partition coefficient (Wildman–Crippen LogP) is 4.44. The maximum Gasteiger partial charge on any atom is 0.289 e. The number of nitrogens with zero attached hydrogens (tertiary/aromatic N) is 1. The van der Waals surface area contributed by atoms with Crippen molar-refractivity contribution < 1.29 is 14.1 Å². The second kappa shape index (κ2) is 7.85. The summed E-state index contributed by atoms with van der Waals surface area (Å²) in [4.78, 5) is 12.4. The van der Waals surface area contributed by atoms with Gasteiger partial charge in [0.05, 0.1) is 11.3 Å². The standard InChI is InChI=1S/C22H30N2O3/c1-16(2)18-14-19(27-24-18)20(25)23-12-10-22(17-8-6-5-7-9-17)11-13-26-21(3,4)15-22/h5-9,14,16H,10-13,15H2,1-4H3,(H,23,25)/t22-/m0/s1. The largest absolute Gasteiger partial charge is 0.376 e. The smallest absolute Gasteiger partial charge is 0.289 e. The molecule has 1 aromatic heterocycles. The van der Waals surface area contributed by atoms with Crippen molar-refractivity contribution in [2.45, 2.75) is 63.9 Å². The van der Waals surface area contributed by atoms with Crippen LogP contribution in [0.1, 0.15) is 74.7 Å². The molecular weight excluding hydrogens is 340 g/mol. The van der Waals surface area contributed by atoms with Crippen LogP contribution in [0.15, 0.2) is 40.9 Å². The van der Waals surface area contributed by atoms with Crippen molar-refractivity contribution in [1.29, 1.82) is 0 Å². The summed E-state index contributed by atoms with van der Waals surface area (Å²) >= 11 is 0. The number of hydrogen-bond acceptors (Lipinski definition) is 4. The van der Waals surface area contributed by atoms with Gasteiger partial charge >= 0.3 is 0 Å². The van der Waals surface area contributed by atoms with E-state index in [0.29, 0.717) is 6.54 Å². The minimum atomic E-state index is -0.205. The number of aromatic nitrogens is 1. The number of benzene rings is 1. The molecule has 27 heavy (non-hydrogen) atoms. The highest BCUT2D eigenvalue weighted by molar-refractivity contribution is 5.91. The lowest BCUT2D eigenvalue weighted by molar-refractivity contribution is -0.0838. The van der Waals surface area contributed by atoms with Crippen molar-refractivity contribution in [1.82, 2.24) is 10.5 Å². The Kier molecular flexibility index (Phi) is 5.70. The average molecular weight is 370 g/mol. The fourth-order valence-corrected chi connectivity index (χ4v) is 4.04. The van der Waals surface area contributed by atoms with E-state index in [9.17, 15) is 4.79 Å². The maximum atomic E-state index is 12.4. The number of rotatable bonds is 6. The van der Waals surface area contributed by atoms with Crippen LogP contribution in [0, 0.1) is 0 Å². The molecule has 5 heteroatoms. The summed E-state index contributed by atoms with van der Waals surface area (Å²) in [6, 6.07) is 12.3. The summed E-state index contributed by atoms with van der Waals surface area (Å²) in [5, 5.41) is 6.97. The van der Waals surface area contributed by atoms with Crippen LogP contribution in [0.2, 0.25) is 0 Å². The highest BCUT2D eigenvalue weighted by Crippen LogP contribution is 2.43. The van der Waals surface area contributed by atoms with Gasteiger partial charge in [0.25, 0.3) is 5.91 Å². The fraction of sp³-hybridized carbons (Fsp3) is 0.545. The van der Waals surface area contributed by atoms with Gasteiger partial charge in [0, 0.05) is 24.6 Å². The summed E-state index contributed by atoms with van der Waals surface area (Å²) in [7, 11) is 0. The first-order valence-corrected chi connectivity index (χ1v) is 9.76. The molecule has 0 spiro atoms. The van der Waals surface area contributed by atoms with Crippen LogP contribution in [0.5, 0.6) is 0 Å². The number of nitrogens with one attached hydrogen (secondary N) is 1. The van der Waals surface area contributed by atoms with E-state index in [1.165, 1.54) is 5.56 Å². The van der Waals surface area contributed by atoms with Gasteiger partial charge in [-0.05, 0) is 44.6 Å². The molecule has 2 heterocycles. The predicted molar refractivity (Wildman–Crippen MR) is 105 cm³/mol. The first kappa shape index (κ1) is 19.6. The van der Waals surface area contributed by atoms with E-state index in [1.807, 2.05) is 19.9 Å². The summed E-state index contributed by atoms with van der Waals surface area (Å²) in [6.07, 6.45) is 2.75. The minimum Gasteiger partial charge on any atom is -0.376 e. The van der Waals surface area contributed by atoms with Crippen molar-refractivity contribution in [3.05, 3.63) is 53.4 Å². The molecule has 0 saturated carbocycles. The Bertz CT molecular complexity index is 767. The lowest BCUT2D eigenvalue weighted by Gasteiger charge is -2.45. The van der Waals surface area contributed by atoms with Gasteiger partial charge in [0.15, 0.2) is 0 Å². The zero-order valence-electron chi connectivity index (χ0n) is 16.7. The van der Waals surface area contributed by atoms with Gasteiger partial charge in [0.1, 0.15) is 0 Å². The Morgan fingerprint density at radius 3 is 2.63 bits per heavy atom. The van der Waals surface area contributed by atoms with Gasteiger partial charge < -0.3 is 14.6 Å². The molecule has 1 aliphatic heterocycles. The molecule has 0 radical (unpaired) electrons. The molecule has 1 saturated heterocycles. The first-order valence-electron chi connectivity index (χ1n) is 9.76. The Hall–Kier alpha value is -2.14. The number of hydrogen-bond donors (Lipinski definition) is 1. The molecular formula is C22H30N2O3. The van der Waals surface area contributed by atoms with E-state index in [2.05, 4.69) is 48.6 Å². The topological polar surface area (TPSA) is 64.4 Å². The maximum absolute atomic E-state index is 12.4. The molecule has 5 nitrogen and oxygen atoms in total. The van der Waals surface area contributed by atoms with Crippen molar-refractivity contribution >= 4 is 5.91 Å². The normalized spacial score (nSPS) is 22.0. The Labute approximate surface area is 161 Å². The van der Waals surface area contributed by atoms with E-state index >= 15 is 0 Å². The van der Waals surface area contributed by atoms with Crippen LogP contribution in [-0.2, 0) is 10.2 Å². The first-order chi connectivity index (χ1) is 12.8. The summed E-state index contributed by atoms with van der Waals surface area (Å²) in [6.45, 7) is 9.65. The zero-order chi connectivity index (χ0) is 19.5. The van der Waals surface area contributed by atoms with E-state index in [4.69, 9.17) is 9.26 Å². The van der Waals surface area contributed by atoms with E-state index < -0.39 is 0 Å². The lowest BCUT2D eigenvalue weighted by atomic mass is 9.67. The van der Waals surface area contributed by atoms with Crippen LogP contribution in [0.4, 0.5) is 0 Å². The van der Waals surface area contributed by atoms with Crippen molar-refractivity contribution in [2.24, 2.45) is 0 Å². The zero-order valence-corrected chi connectivity index (χ0v) is 16.7. The van der Waals surface area contributed by atoms with Gasteiger partial charge in [-0.15, -0.1) is 0 Å². The number of amides is 1. The summed E-state index contributed by atoms with van der Waals surface area (Å²) < 4.78 is 11.1. The Morgan fingerprint density at radius 1 is 1.26 bits per heavy atom. The summed E-state index contributed by atoms with van der Waals surface area (Å²) in [5.74, 6) is 0.310. The van der Waals surface area contributed by atoms with Crippen molar-refractivity contribution in [3.8, 4) is 0 Å². The molecule has 0 aliphatic carbocycles. The third kappa shape index (κ3) is 4.59. The second-order valence-electron chi connectivity index (χ2n) is 8.46. The number of ether oxygens (including phenoxy) is 1. The van der Waals surface area contributed by atoms with Crippen molar-refractivity contribution in [2.75, 3.05) is 13.2 Å². The molecule has 2 aromatic rings. The average Bonchev–Trinajstić information content (AvgIpc) is 3.12. The SMILES string of the molecule is CC(C)c1cc(C(=O)NCC[C@]2(c3ccccc3)CCOC(C)(C)C2)on1. The molecule has 1 N–H and O–H groups in total. The quantitative estimate of drug-likeness (QED) is 0.816. The van der Waals surface area contributed by atoms with Crippen LogP contribution in [-0.4, -0.2) is 29.8 Å². The molecule has 1 atom stereocenters. The molecule has 0 unspecified atom stereocenters. The number of carbonyl (C=O) groups excluding carboxylic acids is 1. The fourth-order valence-electron chi connectivity index (χ4n) is 4.04. The van der Waals surface area contributed by atoms with Crippen LogP contribution >= 0.6 is 0 Å². The lowest BCUT2D eigenvalue weighted by Crippen LogP contribution is -2.45. The highest BCUT2D eigenvalue weighted by Gasteiger charge is 2.41. The van der Waals surface area contributed by atoms with E-state index in [1.54, 1.807) is 6.07 Å². The van der Waals surface area contributed by atoms with Gasteiger partial charge in [-0.1, -0.05) is 49.3 Å². The molecule has 1 fully saturated rings. The van der Waals surface area contributed by atoms with Crippen LogP contribution in [0.3, 0.4) is 0 Å². The van der Waals surface area contributed by atoms with E-state index in [-0.39, 0.29) is 28.6 Å². The monoisotopic (exact) mass is 370 g/mol. The van der Waals surface area contributed by atoms with Crippen molar-refractivity contribution in [3.63, 3.8) is 0 Å². The minimum absolute atomic E-state index is 0.000791. The number of carbonyl (C=O) groups is 1. The molecule has 1 aromatic carbocycles.